The van der Waals surface area contributed by atoms with Crippen molar-refractivity contribution in [3.8, 4) is 11.5 Å². The van der Waals surface area contributed by atoms with E-state index in [4.69, 9.17) is 33.3 Å². The van der Waals surface area contributed by atoms with Gasteiger partial charge in [0, 0.05) is 4.47 Å². The summed E-state index contributed by atoms with van der Waals surface area (Å²) in [7, 11) is 0. The molecule has 0 saturated heterocycles. The lowest BCUT2D eigenvalue weighted by molar-refractivity contribution is -0.124. The van der Waals surface area contributed by atoms with Gasteiger partial charge in [-0.15, -0.1) is 0 Å². The second kappa shape index (κ2) is 11.2. The number of thiocarbonyl (C=S) groups is 1. The maximum Gasteiger partial charge on any atom is 0.276 e. The number of halogens is 3. The molecule has 2 rings (SSSR count). The monoisotopic (exact) mass is 549 g/mol. The molecule has 0 aromatic heterocycles. The van der Waals surface area contributed by atoms with Gasteiger partial charge in [0.05, 0.1) is 9.50 Å². The normalized spacial score (nSPS) is 9.96. The van der Waals surface area contributed by atoms with Gasteiger partial charge in [0.15, 0.2) is 18.3 Å². The van der Waals surface area contributed by atoms with Gasteiger partial charge in [-0.1, -0.05) is 39.7 Å². The van der Waals surface area contributed by atoms with E-state index in [0.717, 1.165) is 4.47 Å². The fraction of sp³-hybridized carbons (Fsp3) is 0.118. The molecule has 2 aromatic carbocycles. The highest BCUT2D eigenvalue weighted by Gasteiger charge is 2.09. The first-order valence-corrected chi connectivity index (χ1v) is 10.1. The summed E-state index contributed by atoms with van der Waals surface area (Å²) in [5.74, 6) is -0.117. The SMILES string of the molecule is O=C(COc1ccc(Br)cc1Br)NNC(=S)NC(=O)COc1ccccc1Cl. The Morgan fingerprint density at radius 1 is 0.964 bits per heavy atom. The third kappa shape index (κ3) is 7.63. The zero-order chi connectivity index (χ0) is 20.5. The molecule has 2 aromatic rings. The number of carbonyl (C=O) groups is 2. The van der Waals surface area contributed by atoms with E-state index < -0.39 is 11.8 Å². The maximum absolute atomic E-state index is 11.8. The van der Waals surface area contributed by atoms with Crippen LogP contribution in [-0.4, -0.2) is 30.1 Å². The van der Waals surface area contributed by atoms with Crippen molar-refractivity contribution in [1.29, 1.82) is 0 Å². The Balaban J connectivity index is 1.67. The van der Waals surface area contributed by atoms with Crippen LogP contribution in [0.2, 0.25) is 5.02 Å². The van der Waals surface area contributed by atoms with Crippen molar-refractivity contribution in [3.63, 3.8) is 0 Å². The molecule has 0 atom stereocenters. The molecule has 0 radical (unpaired) electrons. The summed E-state index contributed by atoms with van der Waals surface area (Å²) in [6.45, 7) is -0.542. The molecule has 0 unspecified atom stereocenters. The molecule has 7 nitrogen and oxygen atoms in total. The molecule has 0 fully saturated rings. The summed E-state index contributed by atoms with van der Waals surface area (Å²) in [5.41, 5.74) is 4.72. The number of amides is 2. The minimum atomic E-state index is -0.512. The third-order valence-corrected chi connectivity index (χ3v) is 4.65. The van der Waals surface area contributed by atoms with Crippen LogP contribution < -0.4 is 25.6 Å². The smallest absolute Gasteiger partial charge is 0.276 e. The van der Waals surface area contributed by atoms with E-state index in [1.807, 2.05) is 0 Å². The van der Waals surface area contributed by atoms with Crippen molar-refractivity contribution in [1.82, 2.24) is 16.2 Å². The number of ether oxygens (including phenoxy) is 2. The van der Waals surface area contributed by atoms with Gasteiger partial charge in [-0.25, -0.2) is 0 Å². The fourth-order valence-corrected chi connectivity index (χ4v) is 3.31. The Morgan fingerprint density at radius 3 is 2.36 bits per heavy atom. The predicted octanol–water partition coefficient (Wildman–Crippen LogP) is 3.34. The first-order valence-electron chi connectivity index (χ1n) is 7.69. The standard InChI is InChI=1S/C17H14Br2ClN3O4S/c18-10-5-6-13(11(19)7-10)26-9-16(25)22-23-17(28)21-15(24)8-27-14-4-2-1-3-12(14)20/h1-7H,8-9H2,(H,22,25)(H2,21,23,24,28). The largest absolute Gasteiger partial charge is 0.483 e. The molecule has 0 heterocycles. The topological polar surface area (TPSA) is 88.7 Å². The molecular weight excluding hydrogens is 538 g/mol. The molecule has 0 aliphatic rings. The number of benzene rings is 2. The molecule has 0 saturated carbocycles. The third-order valence-electron chi connectivity index (χ3n) is 3.02. The molecule has 28 heavy (non-hydrogen) atoms. The minimum absolute atomic E-state index is 0.0917. The summed E-state index contributed by atoms with van der Waals surface area (Å²) in [6.07, 6.45) is 0. The Kier molecular flexibility index (Phi) is 8.97. The summed E-state index contributed by atoms with van der Waals surface area (Å²) in [4.78, 5) is 23.6. The van der Waals surface area contributed by atoms with Gasteiger partial charge in [0.25, 0.3) is 11.8 Å². The van der Waals surface area contributed by atoms with Crippen LogP contribution in [0.4, 0.5) is 0 Å². The van der Waals surface area contributed by atoms with E-state index in [1.54, 1.807) is 42.5 Å². The second-order valence-electron chi connectivity index (χ2n) is 5.13. The molecule has 11 heteroatoms. The van der Waals surface area contributed by atoms with Crippen LogP contribution in [0.5, 0.6) is 11.5 Å². The number of hydrogen-bond acceptors (Lipinski definition) is 5. The van der Waals surface area contributed by atoms with Crippen molar-refractivity contribution in [2.75, 3.05) is 13.2 Å². The lowest BCUT2D eigenvalue weighted by atomic mass is 10.3. The van der Waals surface area contributed by atoms with E-state index in [-0.39, 0.29) is 18.3 Å². The molecule has 3 N–H and O–H groups in total. The van der Waals surface area contributed by atoms with Crippen molar-refractivity contribution in [2.24, 2.45) is 0 Å². The second-order valence-corrected chi connectivity index (χ2v) is 7.72. The van der Waals surface area contributed by atoms with Crippen molar-refractivity contribution in [3.05, 3.63) is 56.4 Å². The average Bonchev–Trinajstić information content (AvgIpc) is 2.65. The van der Waals surface area contributed by atoms with Gasteiger partial charge in [-0.2, -0.15) is 0 Å². The van der Waals surface area contributed by atoms with Crippen molar-refractivity contribution >= 4 is 72.6 Å². The molecule has 0 bridgehead atoms. The van der Waals surface area contributed by atoms with Crippen LogP contribution in [0.15, 0.2) is 51.4 Å². The fourth-order valence-electron chi connectivity index (χ4n) is 1.80. The van der Waals surface area contributed by atoms with Crippen LogP contribution >= 0.6 is 55.7 Å². The average molecular weight is 552 g/mol. The van der Waals surface area contributed by atoms with Crippen LogP contribution in [0.3, 0.4) is 0 Å². The van der Waals surface area contributed by atoms with Gasteiger partial charge < -0.3 is 9.47 Å². The molecule has 0 aliphatic heterocycles. The zero-order valence-corrected chi connectivity index (χ0v) is 18.9. The highest BCUT2D eigenvalue weighted by Crippen LogP contribution is 2.28. The summed E-state index contributed by atoms with van der Waals surface area (Å²) in [6, 6.07) is 12.0. The first-order chi connectivity index (χ1) is 13.3. The number of rotatable bonds is 6. The van der Waals surface area contributed by atoms with Gasteiger partial charge in [0.2, 0.25) is 0 Å². The molecule has 148 valence electrons. The maximum atomic E-state index is 11.8. The molecule has 0 aliphatic carbocycles. The highest BCUT2D eigenvalue weighted by atomic mass is 79.9. The van der Waals surface area contributed by atoms with E-state index in [9.17, 15) is 9.59 Å². The minimum Gasteiger partial charge on any atom is -0.483 e. The zero-order valence-electron chi connectivity index (χ0n) is 14.1. The quantitative estimate of drug-likeness (QED) is 0.377. The number of carbonyl (C=O) groups excluding carboxylic acids is 2. The summed E-state index contributed by atoms with van der Waals surface area (Å²) in [5, 5.41) is 2.66. The first kappa shape index (κ1) is 22.4. The molecule has 0 spiro atoms. The van der Waals surface area contributed by atoms with Crippen LogP contribution in [0, 0.1) is 0 Å². The highest BCUT2D eigenvalue weighted by molar-refractivity contribution is 9.11. The molecule has 2 amide bonds. The Labute approximate surface area is 188 Å². The summed E-state index contributed by atoms with van der Waals surface area (Å²) < 4.78 is 12.2. The van der Waals surface area contributed by atoms with Gasteiger partial charge in [-0.3, -0.25) is 25.8 Å². The lowest BCUT2D eigenvalue weighted by Crippen LogP contribution is -2.50. The van der Waals surface area contributed by atoms with Gasteiger partial charge >= 0.3 is 0 Å². The Morgan fingerprint density at radius 2 is 1.64 bits per heavy atom. The van der Waals surface area contributed by atoms with Crippen molar-refractivity contribution < 1.29 is 19.1 Å². The van der Waals surface area contributed by atoms with E-state index in [0.29, 0.717) is 21.0 Å². The number of hydrogen-bond donors (Lipinski definition) is 3. The van der Waals surface area contributed by atoms with Crippen LogP contribution in [-0.2, 0) is 9.59 Å². The van der Waals surface area contributed by atoms with E-state index in [2.05, 4.69) is 48.0 Å². The van der Waals surface area contributed by atoms with E-state index >= 15 is 0 Å². The lowest BCUT2D eigenvalue weighted by Gasteiger charge is -2.12. The van der Waals surface area contributed by atoms with Crippen LogP contribution in [0.1, 0.15) is 0 Å². The number of hydrazine groups is 1. The predicted molar refractivity (Wildman–Crippen MR) is 116 cm³/mol. The van der Waals surface area contributed by atoms with Crippen molar-refractivity contribution in [2.45, 2.75) is 0 Å². The molecular formula is C17H14Br2ClN3O4S. The van der Waals surface area contributed by atoms with Crippen LogP contribution in [0.25, 0.3) is 0 Å². The van der Waals surface area contributed by atoms with Gasteiger partial charge in [0.1, 0.15) is 11.5 Å². The Hall–Kier alpha value is -1.88. The number of nitrogens with one attached hydrogen (secondary N) is 3. The number of para-hydroxylation sites is 1. The van der Waals surface area contributed by atoms with E-state index in [1.165, 1.54) is 0 Å². The van der Waals surface area contributed by atoms with Gasteiger partial charge in [-0.05, 0) is 58.5 Å². The Bertz CT molecular complexity index is 885. The summed E-state index contributed by atoms with van der Waals surface area (Å²) >= 11 is 17.5.